The molecule has 0 atom stereocenters. The second kappa shape index (κ2) is 4.71. The first kappa shape index (κ1) is 14.4. The van der Waals surface area contributed by atoms with E-state index in [-0.39, 0.29) is 10.8 Å². The van der Waals surface area contributed by atoms with Crippen LogP contribution in [0.2, 0.25) is 0 Å². The zero-order valence-corrected chi connectivity index (χ0v) is 13.7. The molecule has 6 nitrogen and oxygen atoms in total. The summed E-state index contributed by atoms with van der Waals surface area (Å²) >= 11 is 0. The quantitative estimate of drug-likeness (QED) is 0.887. The Morgan fingerprint density at radius 1 is 0.952 bits per heavy atom. The molecule has 1 aliphatic carbocycles. The van der Waals surface area contributed by atoms with E-state index in [4.69, 9.17) is 0 Å². The third-order valence-electron chi connectivity index (χ3n) is 5.53. The molecular formula is C15H26N6. The summed E-state index contributed by atoms with van der Waals surface area (Å²) in [5.74, 6) is 2.09. The molecule has 0 aromatic carbocycles. The van der Waals surface area contributed by atoms with Crippen LogP contribution in [0.1, 0.15) is 40.5 Å². The van der Waals surface area contributed by atoms with Gasteiger partial charge in [-0.2, -0.15) is 15.0 Å². The highest BCUT2D eigenvalue weighted by Crippen LogP contribution is 2.63. The summed E-state index contributed by atoms with van der Waals surface area (Å²) in [4.78, 5) is 15.8. The van der Waals surface area contributed by atoms with E-state index < -0.39 is 0 Å². The van der Waals surface area contributed by atoms with E-state index in [1.165, 1.54) is 12.8 Å². The Morgan fingerprint density at radius 2 is 1.52 bits per heavy atom. The van der Waals surface area contributed by atoms with Crippen molar-refractivity contribution in [2.75, 3.05) is 35.7 Å². The SMILES string of the molecule is CNc1nc(NC2C(C)(C)C2(C)C)nc(N2CCCC2)n1. The van der Waals surface area contributed by atoms with Gasteiger partial charge in [0.2, 0.25) is 17.8 Å². The monoisotopic (exact) mass is 290 g/mol. The Balaban J connectivity index is 1.83. The average Bonchev–Trinajstić information content (AvgIpc) is 2.88. The van der Waals surface area contributed by atoms with Crippen molar-refractivity contribution in [1.82, 2.24) is 15.0 Å². The minimum Gasteiger partial charge on any atom is -0.357 e. The van der Waals surface area contributed by atoms with Crippen molar-refractivity contribution in [3.8, 4) is 0 Å². The lowest BCUT2D eigenvalue weighted by molar-refractivity contribution is 0.457. The molecule has 2 N–H and O–H groups in total. The largest absolute Gasteiger partial charge is 0.357 e. The number of hydrogen-bond acceptors (Lipinski definition) is 6. The summed E-state index contributed by atoms with van der Waals surface area (Å²) < 4.78 is 0. The molecule has 2 fully saturated rings. The first-order chi connectivity index (χ1) is 9.86. The van der Waals surface area contributed by atoms with E-state index in [0.29, 0.717) is 17.9 Å². The standard InChI is InChI=1S/C15H26N6/c1-14(2)10(15(14,3)4)17-12-18-11(16-5)19-13(20-12)21-8-6-7-9-21/h10H,6-9H2,1-5H3,(H2,16,17,18,19,20). The van der Waals surface area contributed by atoms with E-state index in [2.05, 4.69) is 58.2 Å². The normalized spacial score (nSPS) is 23.2. The molecule has 0 amide bonds. The maximum absolute atomic E-state index is 4.63. The van der Waals surface area contributed by atoms with Gasteiger partial charge in [0.1, 0.15) is 0 Å². The second-order valence-electron chi connectivity index (χ2n) is 7.25. The van der Waals surface area contributed by atoms with Crippen molar-refractivity contribution in [3.05, 3.63) is 0 Å². The van der Waals surface area contributed by atoms with Gasteiger partial charge in [-0.15, -0.1) is 0 Å². The van der Waals surface area contributed by atoms with Gasteiger partial charge in [0, 0.05) is 26.2 Å². The van der Waals surface area contributed by atoms with Crippen LogP contribution < -0.4 is 15.5 Å². The van der Waals surface area contributed by atoms with Gasteiger partial charge in [0.25, 0.3) is 0 Å². The molecule has 3 rings (SSSR count). The van der Waals surface area contributed by atoms with Crippen LogP contribution in [0.5, 0.6) is 0 Å². The van der Waals surface area contributed by atoms with Crippen molar-refractivity contribution in [1.29, 1.82) is 0 Å². The Hall–Kier alpha value is -1.59. The zero-order valence-electron chi connectivity index (χ0n) is 13.7. The summed E-state index contributed by atoms with van der Waals surface area (Å²) in [6, 6.07) is 0.392. The zero-order chi connectivity index (χ0) is 15.3. The lowest BCUT2D eigenvalue weighted by Crippen LogP contribution is -2.23. The van der Waals surface area contributed by atoms with E-state index in [9.17, 15) is 0 Å². The Morgan fingerprint density at radius 3 is 2.05 bits per heavy atom. The van der Waals surface area contributed by atoms with Gasteiger partial charge in [0.15, 0.2) is 0 Å². The number of anilines is 3. The Kier molecular flexibility index (Phi) is 3.22. The highest BCUT2D eigenvalue weighted by atomic mass is 15.3. The van der Waals surface area contributed by atoms with Crippen LogP contribution in [0.15, 0.2) is 0 Å². The van der Waals surface area contributed by atoms with Crippen LogP contribution in [0.3, 0.4) is 0 Å². The maximum Gasteiger partial charge on any atom is 0.231 e. The minimum absolute atomic E-state index is 0.257. The van der Waals surface area contributed by atoms with Gasteiger partial charge in [0.05, 0.1) is 0 Å². The molecule has 2 heterocycles. The summed E-state index contributed by atoms with van der Waals surface area (Å²) in [5, 5.41) is 6.54. The smallest absolute Gasteiger partial charge is 0.231 e. The van der Waals surface area contributed by atoms with Gasteiger partial charge in [-0.3, -0.25) is 0 Å². The molecule has 21 heavy (non-hydrogen) atoms. The third kappa shape index (κ3) is 2.30. The van der Waals surface area contributed by atoms with Gasteiger partial charge in [-0.05, 0) is 23.7 Å². The molecule has 1 aromatic heterocycles. The highest BCUT2D eigenvalue weighted by molar-refractivity contribution is 5.46. The summed E-state index contributed by atoms with van der Waals surface area (Å²) in [7, 11) is 1.85. The van der Waals surface area contributed by atoms with Crippen LogP contribution in [0.4, 0.5) is 17.8 Å². The van der Waals surface area contributed by atoms with E-state index in [0.717, 1.165) is 19.0 Å². The molecule has 2 aliphatic rings. The lowest BCUT2D eigenvalue weighted by Gasteiger charge is -2.17. The van der Waals surface area contributed by atoms with Crippen LogP contribution in [-0.4, -0.2) is 41.1 Å². The molecule has 1 saturated carbocycles. The maximum atomic E-state index is 4.63. The lowest BCUT2D eigenvalue weighted by atomic mass is 10.0. The van der Waals surface area contributed by atoms with Crippen LogP contribution in [-0.2, 0) is 0 Å². The van der Waals surface area contributed by atoms with E-state index in [1.54, 1.807) is 0 Å². The van der Waals surface area contributed by atoms with Gasteiger partial charge < -0.3 is 15.5 Å². The fraction of sp³-hybridized carbons (Fsp3) is 0.800. The summed E-state index contributed by atoms with van der Waals surface area (Å²) in [6.45, 7) is 11.2. The fourth-order valence-corrected chi connectivity index (χ4v) is 3.29. The van der Waals surface area contributed by atoms with Gasteiger partial charge >= 0.3 is 0 Å². The van der Waals surface area contributed by atoms with Gasteiger partial charge in [-0.1, -0.05) is 27.7 Å². The number of nitrogens with one attached hydrogen (secondary N) is 2. The molecule has 1 aliphatic heterocycles. The Bertz CT molecular complexity index is 519. The van der Waals surface area contributed by atoms with E-state index in [1.807, 2.05) is 7.05 Å². The number of rotatable bonds is 4. The molecule has 0 spiro atoms. The van der Waals surface area contributed by atoms with Crippen LogP contribution in [0.25, 0.3) is 0 Å². The summed E-state index contributed by atoms with van der Waals surface area (Å²) in [6.07, 6.45) is 2.43. The van der Waals surface area contributed by atoms with E-state index >= 15 is 0 Å². The highest BCUT2D eigenvalue weighted by Gasteiger charge is 2.65. The molecule has 116 valence electrons. The minimum atomic E-state index is 0.257. The molecule has 0 bridgehead atoms. The summed E-state index contributed by atoms with van der Waals surface area (Å²) in [5.41, 5.74) is 0.514. The number of nitrogens with zero attached hydrogens (tertiary/aromatic N) is 4. The second-order valence-corrected chi connectivity index (χ2v) is 7.25. The fourth-order valence-electron chi connectivity index (χ4n) is 3.29. The van der Waals surface area contributed by atoms with Crippen molar-refractivity contribution in [3.63, 3.8) is 0 Å². The first-order valence-corrected chi connectivity index (χ1v) is 7.81. The molecule has 1 saturated heterocycles. The van der Waals surface area contributed by atoms with Crippen molar-refractivity contribution >= 4 is 17.8 Å². The third-order valence-corrected chi connectivity index (χ3v) is 5.53. The molecule has 6 heteroatoms. The topological polar surface area (TPSA) is 66.0 Å². The molecule has 0 unspecified atom stereocenters. The van der Waals surface area contributed by atoms with Crippen LogP contribution >= 0.6 is 0 Å². The van der Waals surface area contributed by atoms with Crippen molar-refractivity contribution in [2.24, 2.45) is 10.8 Å². The molecule has 1 aromatic rings. The average molecular weight is 290 g/mol. The first-order valence-electron chi connectivity index (χ1n) is 7.81. The predicted molar refractivity (Wildman–Crippen MR) is 85.8 cm³/mol. The number of hydrogen-bond donors (Lipinski definition) is 2. The van der Waals surface area contributed by atoms with Crippen LogP contribution in [0, 0.1) is 10.8 Å². The van der Waals surface area contributed by atoms with Crippen molar-refractivity contribution in [2.45, 2.75) is 46.6 Å². The van der Waals surface area contributed by atoms with Gasteiger partial charge in [-0.25, -0.2) is 0 Å². The molecular weight excluding hydrogens is 264 g/mol. The molecule has 0 radical (unpaired) electrons. The number of aromatic nitrogens is 3. The van der Waals surface area contributed by atoms with Crippen molar-refractivity contribution < 1.29 is 0 Å². The predicted octanol–water partition coefficient (Wildman–Crippen LogP) is 2.36. The Labute approximate surface area is 126 Å².